The summed E-state index contributed by atoms with van der Waals surface area (Å²) in [5, 5.41) is 2.95. The molecule has 0 radical (unpaired) electrons. The third kappa shape index (κ3) is 3.13. The first-order valence-electron chi connectivity index (χ1n) is 10.2. The zero-order valence-corrected chi connectivity index (χ0v) is 16.8. The normalized spacial score (nSPS) is 17.7. The van der Waals surface area contributed by atoms with E-state index < -0.39 is 5.60 Å². The molecule has 4 heterocycles. The molecule has 2 aromatic heterocycles. The summed E-state index contributed by atoms with van der Waals surface area (Å²) in [5.41, 5.74) is 2.38. The van der Waals surface area contributed by atoms with Crippen LogP contribution in [0.1, 0.15) is 40.4 Å². The summed E-state index contributed by atoms with van der Waals surface area (Å²) in [7, 11) is 0. The Morgan fingerprint density at radius 3 is 2.73 bits per heavy atom. The first-order chi connectivity index (χ1) is 14.6. The number of nitrogens with one attached hydrogen (secondary N) is 1. The molecule has 1 fully saturated rings. The van der Waals surface area contributed by atoms with Crippen LogP contribution < -0.4 is 5.56 Å². The van der Waals surface area contributed by atoms with Crippen molar-refractivity contribution < 1.29 is 9.53 Å². The highest BCUT2D eigenvalue weighted by Crippen LogP contribution is 2.40. The van der Waals surface area contributed by atoms with Crippen molar-refractivity contribution in [3.63, 3.8) is 0 Å². The van der Waals surface area contributed by atoms with Crippen molar-refractivity contribution in [1.82, 2.24) is 24.6 Å². The number of rotatable bonds is 2. The number of H-pyrrole nitrogens is 1. The van der Waals surface area contributed by atoms with Gasteiger partial charge in [-0.3, -0.25) is 14.7 Å². The average molecular weight is 405 g/mol. The lowest BCUT2D eigenvalue weighted by Crippen LogP contribution is -2.49. The lowest BCUT2D eigenvalue weighted by Gasteiger charge is -2.43. The van der Waals surface area contributed by atoms with Crippen LogP contribution in [0.15, 0.2) is 47.4 Å². The third-order valence-corrected chi connectivity index (χ3v) is 5.99. The Morgan fingerprint density at radius 2 is 1.97 bits per heavy atom. The van der Waals surface area contributed by atoms with Crippen molar-refractivity contribution in [1.29, 1.82) is 0 Å². The molecule has 0 unspecified atom stereocenters. The van der Waals surface area contributed by atoms with Crippen LogP contribution >= 0.6 is 0 Å². The SMILES string of the molecule is Cc1ncc2c(n1)C1(CCN(C(=O)c3cc(=O)n(-c4ccccc4)[nH]3)CC1)OCC2. The van der Waals surface area contributed by atoms with Crippen LogP contribution in [0.2, 0.25) is 0 Å². The molecular weight excluding hydrogens is 382 g/mol. The molecule has 1 amide bonds. The highest BCUT2D eigenvalue weighted by Gasteiger charge is 2.43. The number of nitrogens with zero attached hydrogens (tertiary/aromatic N) is 4. The summed E-state index contributed by atoms with van der Waals surface area (Å²) in [6.07, 6.45) is 4.06. The second kappa shape index (κ2) is 7.21. The van der Waals surface area contributed by atoms with E-state index in [4.69, 9.17) is 4.74 Å². The minimum atomic E-state index is -0.457. The summed E-state index contributed by atoms with van der Waals surface area (Å²) < 4.78 is 7.60. The van der Waals surface area contributed by atoms with Crippen LogP contribution in [-0.4, -0.2) is 50.3 Å². The van der Waals surface area contributed by atoms with E-state index in [1.165, 1.54) is 10.7 Å². The van der Waals surface area contributed by atoms with Gasteiger partial charge >= 0.3 is 0 Å². The molecule has 0 saturated carbocycles. The number of aromatic amines is 1. The maximum Gasteiger partial charge on any atom is 0.271 e. The van der Waals surface area contributed by atoms with E-state index in [1.54, 1.807) is 4.90 Å². The Balaban J connectivity index is 1.35. The largest absolute Gasteiger partial charge is 0.368 e. The minimum absolute atomic E-state index is 0.175. The Labute approximate surface area is 173 Å². The topological polar surface area (TPSA) is 93.1 Å². The summed E-state index contributed by atoms with van der Waals surface area (Å²) in [6, 6.07) is 10.6. The highest BCUT2D eigenvalue weighted by molar-refractivity contribution is 5.92. The number of carbonyl (C=O) groups excluding carboxylic acids is 1. The van der Waals surface area contributed by atoms with Crippen LogP contribution in [-0.2, 0) is 16.8 Å². The lowest BCUT2D eigenvalue weighted by atomic mass is 9.83. The van der Waals surface area contributed by atoms with E-state index in [2.05, 4.69) is 15.1 Å². The zero-order chi connectivity index (χ0) is 20.7. The summed E-state index contributed by atoms with van der Waals surface area (Å²) in [5.74, 6) is 0.559. The second-order valence-corrected chi connectivity index (χ2v) is 7.86. The number of hydrogen-bond donors (Lipinski definition) is 1. The molecule has 3 aromatic rings. The molecular formula is C22H23N5O3. The molecule has 1 N–H and O–H groups in total. The van der Waals surface area contributed by atoms with Crippen molar-refractivity contribution in [3.05, 3.63) is 75.7 Å². The molecule has 5 rings (SSSR count). The van der Waals surface area contributed by atoms with E-state index >= 15 is 0 Å². The number of ether oxygens (including phenoxy) is 1. The number of carbonyl (C=O) groups is 1. The van der Waals surface area contributed by atoms with E-state index in [9.17, 15) is 9.59 Å². The number of piperidine rings is 1. The van der Waals surface area contributed by atoms with Gasteiger partial charge in [0.1, 0.15) is 17.1 Å². The summed E-state index contributed by atoms with van der Waals surface area (Å²) in [6.45, 7) is 3.61. The molecule has 0 bridgehead atoms. The van der Waals surface area contributed by atoms with Gasteiger partial charge in [-0.2, -0.15) is 0 Å². The smallest absolute Gasteiger partial charge is 0.271 e. The average Bonchev–Trinajstić information content (AvgIpc) is 3.17. The van der Waals surface area contributed by atoms with Gasteiger partial charge in [0.2, 0.25) is 0 Å². The molecule has 8 nitrogen and oxygen atoms in total. The van der Waals surface area contributed by atoms with Gasteiger partial charge in [-0.05, 0) is 43.9 Å². The molecule has 154 valence electrons. The van der Waals surface area contributed by atoms with Gasteiger partial charge in [0, 0.05) is 25.4 Å². The molecule has 1 saturated heterocycles. The van der Waals surface area contributed by atoms with Crippen LogP contribution in [0.4, 0.5) is 0 Å². The number of fused-ring (bicyclic) bond motifs is 2. The first-order valence-corrected chi connectivity index (χ1v) is 10.2. The fourth-order valence-corrected chi connectivity index (χ4v) is 4.39. The van der Waals surface area contributed by atoms with Crippen LogP contribution in [0.3, 0.4) is 0 Å². The molecule has 0 aliphatic carbocycles. The lowest BCUT2D eigenvalue weighted by molar-refractivity contribution is -0.0969. The number of likely N-dealkylation sites (tertiary alicyclic amines) is 1. The van der Waals surface area contributed by atoms with Crippen LogP contribution in [0.25, 0.3) is 5.69 Å². The molecule has 8 heteroatoms. The predicted octanol–water partition coefficient (Wildman–Crippen LogP) is 1.97. The fraction of sp³-hybridized carbons (Fsp3) is 0.364. The third-order valence-electron chi connectivity index (χ3n) is 5.99. The number of para-hydroxylation sites is 1. The van der Waals surface area contributed by atoms with Crippen LogP contribution in [0.5, 0.6) is 0 Å². The number of hydrogen-bond acceptors (Lipinski definition) is 5. The Morgan fingerprint density at radius 1 is 1.20 bits per heavy atom. The predicted molar refractivity (Wildman–Crippen MR) is 110 cm³/mol. The number of amides is 1. The number of benzene rings is 1. The Kier molecular flexibility index (Phi) is 4.51. The fourth-order valence-electron chi connectivity index (χ4n) is 4.39. The maximum absolute atomic E-state index is 13.0. The quantitative estimate of drug-likeness (QED) is 0.704. The highest BCUT2D eigenvalue weighted by atomic mass is 16.5. The maximum atomic E-state index is 13.0. The molecule has 2 aliphatic heterocycles. The van der Waals surface area contributed by atoms with Gasteiger partial charge in [0.05, 0.1) is 18.0 Å². The first kappa shape index (κ1) is 18.7. The number of aryl methyl sites for hydroxylation is 1. The Hall–Kier alpha value is -3.26. The zero-order valence-electron chi connectivity index (χ0n) is 16.8. The van der Waals surface area contributed by atoms with E-state index in [1.807, 2.05) is 43.5 Å². The van der Waals surface area contributed by atoms with Gasteiger partial charge in [-0.1, -0.05) is 18.2 Å². The van der Waals surface area contributed by atoms with E-state index in [-0.39, 0.29) is 11.5 Å². The van der Waals surface area contributed by atoms with Gasteiger partial charge in [-0.25, -0.2) is 14.6 Å². The minimum Gasteiger partial charge on any atom is -0.368 e. The van der Waals surface area contributed by atoms with Gasteiger partial charge in [0.25, 0.3) is 11.5 Å². The van der Waals surface area contributed by atoms with Crippen molar-refractivity contribution in [2.75, 3.05) is 19.7 Å². The van der Waals surface area contributed by atoms with Crippen molar-refractivity contribution in [2.45, 2.75) is 31.8 Å². The summed E-state index contributed by atoms with van der Waals surface area (Å²) in [4.78, 5) is 36.2. The molecule has 30 heavy (non-hydrogen) atoms. The van der Waals surface area contributed by atoms with Crippen molar-refractivity contribution in [2.24, 2.45) is 0 Å². The Bertz CT molecular complexity index is 1140. The van der Waals surface area contributed by atoms with Gasteiger partial charge in [-0.15, -0.1) is 0 Å². The molecule has 2 aliphatic rings. The van der Waals surface area contributed by atoms with Crippen molar-refractivity contribution in [3.8, 4) is 5.69 Å². The van der Waals surface area contributed by atoms with Gasteiger partial charge < -0.3 is 9.64 Å². The molecule has 0 atom stereocenters. The second-order valence-electron chi connectivity index (χ2n) is 7.86. The standard InChI is InChI=1S/C22H23N5O3/c1-15-23-14-16-7-12-30-22(20(16)24-15)8-10-26(11-9-22)21(29)18-13-19(28)27(25-18)17-5-3-2-4-6-17/h2-6,13-14,25H,7-12H2,1H3. The van der Waals surface area contributed by atoms with Gasteiger partial charge in [0.15, 0.2) is 0 Å². The molecule has 1 aromatic carbocycles. The monoisotopic (exact) mass is 405 g/mol. The van der Waals surface area contributed by atoms with E-state index in [0.29, 0.717) is 43.9 Å². The van der Waals surface area contributed by atoms with Crippen LogP contribution in [0, 0.1) is 6.92 Å². The number of aromatic nitrogens is 4. The summed E-state index contributed by atoms with van der Waals surface area (Å²) >= 11 is 0. The van der Waals surface area contributed by atoms with Crippen molar-refractivity contribution >= 4 is 5.91 Å². The van der Waals surface area contributed by atoms with E-state index in [0.717, 1.165) is 23.5 Å². The molecule has 1 spiro atoms.